The second-order valence-corrected chi connectivity index (χ2v) is 8.57. The van der Waals surface area contributed by atoms with Gasteiger partial charge in [-0.2, -0.15) is 0 Å². The van der Waals surface area contributed by atoms with Crippen molar-refractivity contribution in [3.63, 3.8) is 0 Å². The van der Waals surface area contributed by atoms with Crippen molar-refractivity contribution in [3.8, 4) is 0 Å². The van der Waals surface area contributed by atoms with E-state index in [-0.39, 0.29) is 24.0 Å². The third kappa shape index (κ3) is 4.55. The Hall–Kier alpha value is -1.44. The van der Waals surface area contributed by atoms with Crippen LogP contribution in [0.3, 0.4) is 0 Å². The zero-order valence-electron chi connectivity index (χ0n) is 13.9. The molecule has 2 fully saturated rings. The molecule has 1 unspecified atom stereocenters. The van der Waals surface area contributed by atoms with E-state index < -0.39 is 10.0 Å². The molecule has 2 heterocycles. The van der Waals surface area contributed by atoms with Gasteiger partial charge in [0.15, 0.2) is 0 Å². The maximum absolute atomic E-state index is 12.3. The largest absolute Gasteiger partial charge is 0.312 e. The number of carbonyl (C=O) groups is 1. The zero-order valence-corrected chi connectivity index (χ0v) is 14.7. The smallest absolute Gasteiger partial charge is 0.227 e. The van der Waals surface area contributed by atoms with Gasteiger partial charge in [0.25, 0.3) is 0 Å². The van der Waals surface area contributed by atoms with Crippen LogP contribution in [0.4, 0.5) is 5.69 Å². The number of likely N-dealkylation sites (tertiary alicyclic amines) is 1. The van der Waals surface area contributed by atoms with E-state index in [0.29, 0.717) is 6.54 Å². The lowest BCUT2D eigenvalue weighted by molar-refractivity contribution is -0.117. The molecule has 0 aromatic heterocycles. The van der Waals surface area contributed by atoms with Crippen molar-refractivity contribution in [1.29, 1.82) is 0 Å². The summed E-state index contributed by atoms with van der Waals surface area (Å²) >= 11 is 0. The van der Waals surface area contributed by atoms with Gasteiger partial charge in [0.2, 0.25) is 15.9 Å². The fraction of sp³-hybridized carbons (Fsp3) is 0.588. The molecule has 0 radical (unpaired) electrons. The predicted molar refractivity (Wildman–Crippen MR) is 94.0 cm³/mol. The molecule has 1 amide bonds. The monoisotopic (exact) mass is 351 g/mol. The molecule has 2 aliphatic rings. The van der Waals surface area contributed by atoms with E-state index in [1.54, 1.807) is 4.90 Å². The number of primary sulfonamides is 1. The van der Waals surface area contributed by atoms with Gasteiger partial charge < -0.3 is 4.90 Å². The number of benzene rings is 1. The van der Waals surface area contributed by atoms with Crippen LogP contribution in [-0.4, -0.2) is 44.6 Å². The number of nitrogens with zero attached hydrogens (tertiary/aromatic N) is 2. The van der Waals surface area contributed by atoms with Gasteiger partial charge in [0.1, 0.15) is 0 Å². The van der Waals surface area contributed by atoms with Crippen LogP contribution in [0.25, 0.3) is 0 Å². The van der Waals surface area contributed by atoms with Gasteiger partial charge in [-0.15, -0.1) is 0 Å². The number of rotatable bonds is 5. The second kappa shape index (κ2) is 7.21. The van der Waals surface area contributed by atoms with Crippen molar-refractivity contribution < 1.29 is 13.2 Å². The molecule has 1 aromatic carbocycles. The first-order chi connectivity index (χ1) is 11.4. The normalized spacial score (nSPS) is 23.0. The predicted octanol–water partition coefficient (Wildman–Crippen LogP) is 1.31. The summed E-state index contributed by atoms with van der Waals surface area (Å²) in [7, 11) is -3.55. The SMILES string of the molecule is NS(=O)(=O)CC1CC(=O)N(c2cccc(CN3CCCCC3)c2)C1. The molecule has 1 atom stereocenters. The fourth-order valence-corrected chi connectivity index (χ4v) is 4.55. The van der Waals surface area contributed by atoms with Gasteiger partial charge in [0, 0.05) is 31.1 Å². The van der Waals surface area contributed by atoms with Gasteiger partial charge in [-0.3, -0.25) is 9.69 Å². The van der Waals surface area contributed by atoms with Crippen molar-refractivity contribution in [2.24, 2.45) is 11.1 Å². The highest BCUT2D eigenvalue weighted by molar-refractivity contribution is 7.89. The first kappa shape index (κ1) is 17.4. The molecule has 3 rings (SSSR count). The fourth-order valence-electron chi connectivity index (χ4n) is 3.67. The van der Waals surface area contributed by atoms with E-state index in [2.05, 4.69) is 11.0 Å². The molecular formula is C17H25N3O3S. The minimum atomic E-state index is -3.55. The van der Waals surface area contributed by atoms with E-state index in [0.717, 1.165) is 25.3 Å². The summed E-state index contributed by atoms with van der Waals surface area (Å²) in [5.41, 5.74) is 2.04. The van der Waals surface area contributed by atoms with E-state index in [9.17, 15) is 13.2 Å². The number of amides is 1. The number of nitrogens with two attached hydrogens (primary N) is 1. The van der Waals surface area contributed by atoms with Crippen molar-refractivity contribution >= 4 is 21.6 Å². The highest BCUT2D eigenvalue weighted by Gasteiger charge is 2.32. The molecule has 0 saturated carbocycles. The lowest BCUT2D eigenvalue weighted by atomic mass is 10.1. The van der Waals surface area contributed by atoms with Gasteiger partial charge in [-0.05, 0) is 43.6 Å². The lowest BCUT2D eigenvalue weighted by Crippen LogP contribution is -2.29. The summed E-state index contributed by atoms with van der Waals surface area (Å²) < 4.78 is 22.5. The molecule has 1 aromatic rings. The van der Waals surface area contributed by atoms with E-state index in [1.165, 1.54) is 24.8 Å². The Labute approximate surface area is 143 Å². The van der Waals surface area contributed by atoms with Gasteiger partial charge >= 0.3 is 0 Å². The molecule has 6 nitrogen and oxygen atoms in total. The molecule has 2 N–H and O–H groups in total. The molecule has 2 aliphatic heterocycles. The number of anilines is 1. The average molecular weight is 351 g/mol. The summed E-state index contributed by atoms with van der Waals surface area (Å²) in [6.45, 7) is 3.57. The van der Waals surface area contributed by atoms with E-state index >= 15 is 0 Å². The maximum atomic E-state index is 12.3. The molecule has 2 saturated heterocycles. The van der Waals surface area contributed by atoms with Crippen LogP contribution in [0.5, 0.6) is 0 Å². The quantitative estimate of drug-likeness (QED) is 0.867. The molecule has 0 bridgehead atoms. The van der Waals surface area contributed by atoms with Crippen molar-refractivity contribution in [2.75, 3.05) is 30.3 Å². The number of piperidine rings is 1. The summed E-state index contributed by atoms with van der Waals surface area (Å²) in [5.74, 6) is -0.389. The summed E-state index contributed by atoms with van der Waals surface area (Å²) in [6.07, 6.45) is 4.05. The Morgan fingerprint density at radius 1 is 1.17 bits per heavy atom. The Balaban J connectivity index is 1.68. The Bertz CT molecular complexity index is 699. The summed E-state index contributed by atoms with van der Waals surface area (Å²) in [6, 6.07) is 8.01. The van der Waals surface area contributed by atoms with Crippen molar-refractivity contribution in [1.82, 2.24) is 4.90 Å². The Morgan fingerprint density at radius 2 is 1.92 bits per heavy atom. The maximum Gasteiger partial charge on any atom is 0.227 e. The van der Waals surface area contributed by atoms with Crippen LogP contribution in [0, 0.1) is 5.92 Å². The number of carbonyl (C=O) groups excluding carboxylic acids is 1. The first-order valence-corrected chi connectivity index (χ1v) is 10.2. The number of hydrogen-bond donors (Lipinski definition) is 1. The molecule has 7 heteroatoms. The molecular weight excluding hydrogens is 326 g/mol. The lowest BCUT2D eigenvalue weighted by Gasteiger charge is -2.27. The number of sulfonamides is 1. The Kier molecular flexibility index (Phi) is 5.22. The van der Waals surface area contributed by atoms with E-state index in [1.807, 2.05) is 18.2 Å². The van der Waals surface area contributed by atoms with Crippen LogP contribution in [0.1, 0.15) is 31.2 Å². The highest BCUT2D eigenvalue weighted by atomic mass is 32.2. The second-order valence-electron chi connectivity index (χ2n) is 6.91. The molecule has 0 spiro atoms. The van der Waals surface area contributed by atoms with Crippen LogP contribution in [-0.2, 0) is 21.4 Å². The van der Waals surface area contributed by atoms with Crippen molar-refractivity contribution in [2.45, 2.75) is 32.2 Å². The highest BCUT2D eigenvalue weighted by Crippen LogP contribution is 2.27. The van der Waals surface area contributed by atoms with E-state index in [4.69, 9.17) is 5.14 Å². The molecule has 132 valence electrons. The molecule has 24 heavy (non-hydrogen) atoms. The Morgan fingerprint density at radius 3 is 2.62 bits per heavy atom. The zero-order chi connectivity index (χ0) is 17.2. The average Bonchev–Trinajstić information content (AvgIpc) is 2.87. The standard InChI is InChI=1S/C17H25N3O3S/c18-24(22,23)13-15-10-17(21)20(12-15)16-6-4-5-14(9-16)11-19-7-2-1-3-8-19/h4-6,9,15H,1-3,7-8,10-13H2,(H2,18,22,23). The van der Waals surface area contributed by atoms with Crippen molar-refractivity contribution in [3.05, 3.63) is 29.8 Å². The van der Waals surface area contributed by atoms with Gasteiger partial charge in [-0.25, -0.2) is 13.6 Å². The minimum absolute atomic E-state index is 0.0289. The van der Waals surface area contributed by atoms with Crippen LogP contribution in [0.2, 0.25) is 0 Å². The number of hydrogen-bond acceptors (Lipinski definition) is 4. The topological polar surface area (TPSA) is 83.7 Å². The minimum Gasteiger partial charge on any atom is -0.312 e. The van der Waals surface area contributed by atoms with Crippen LogP contribution in [0.15, 0.2) is 24.3 Å². The van der Waals surface area contributed by atoms with Gasteiger partial charge in [-0.1, -0.05) is 18.6 Å². The summed E-state index contributed by atoms with van der Waals surface area (Å²) in [4.78, 5) is 16.4. The van der Waals surface area contributed by atoms with Crippen LogP contribution < -0.4 is 10.0 Å². The van der Waals surface area contributed by atoms with Crippen LogP contribution >= 0.6 is 0 Å². The third-order valence-corrected chi connectivity index (χ3v) is 5.69. The third-order valence-electron chi connectivity index (χ3n) is 4.75. The summed E-state index contributed by atoms with van der Waals surface area (Å²) in [5, 5.41) is 5.11. The first-order valence-electron chi connectivity index (χ1n) is 8.53. The van der Waals surface area contributed by atoms with Gasteiger partial charge in [0.05, 0.1) is 5.75 Å². The molecule has 0 aliphatic carbocycles.